The Morgan fingerprint density at radius 3 is 2.38 bits per heavy atom. The second-order valence-electron chi connectivity index (χ2n) is 3.24. The summed E-state index contributed by atoms with van der Waals surface area (Å²) in [4.78, 5) is 1.85. The average molecular weight is 254 g/mol. The Bertz CT molecular complexity index is 499. The molecule has 2 aromatic rings. The highest BCUT2D eigenvalue weighted by Crippen LogP contribution is 2.32. The minimum Gasteiger partial charge on any atom is -0.398 e. The lowest BCUT2D eigenvalue weighted by Crippen LogP contribution is -1.89. The Hall–Kier alpha value is -1.19. The van der Waals surface area contributed by atoms with E-state index in [1.54, 1.807) is 6.07 Å². The molecule has 16 heavy (non-hydrogen) atoms. The van der Waals surface area contributed by atoms with Crippen LogP contribution in [-0.2, 0) is 0 Å². The normalized spacial score (nSPS) is 10.4. The molecule has 0 saturated carbocycles. The van der Waals surface area contributed by atoms with Gasteiger partial charge in [0.05, 0.1) is 0 Å². The zero-order valence-electron chi connectivity index (χ0n) is 8.28. The first-order chi connectivity index (χ1) is 7.65. The molecule has 2 aromatic carbocycles. The highest BCUT2D eigenvalue weighted by molar-refractivity contribution is 7.99. The summed E-state index contributed by atoms with van der Waals surface area (Å²) < 4.78 is 12.8. The molecule has 2 rings (SSSR count). The van der Waals surface area contributed by atoms with E-state index in [1.165, 1.54) is 23.9 Å². The quantitative estimate of drug-likeness (QED) is 0.812. The topological polar surface area (TPSA) is 26.0 Å². The van der Waals surface area contributed by atoms with Crippen molar-refractivity contribution >= 4 is 29.1 Å². The fourth-order valence-electron chi connectivity index (χ4n) is 1.24. The third-order valence-electron chi connectivity index (χ3n) is 2.01. The lowest BCUT2D eigenvalue weighted by atomic mass is 10.3. The minimum atomic E-state index is -0.321. The Morgan fingerprint density at radius 1 is 1.06 bits per heavy atom. The fourth-order valence-corrected chi connectivity index (χ4v) is 2.21. The molecule has 0 amide bonds. The summed E-state index contributed by atoms with van der Waals surface area (Å²) in [6.07, 6.45) is 0. The van der Waals surface area contributed by atoms with E-state index in [-0.39, 0.29) is 5.82 Å². The average Bonchev–Trinajstić information content (AvgIpc) is 2.25. The van der Waals surface area contributed by atoms with Crippen molar-refractivity contribution < 1.29 is 4.39 Å². The summed E-state index contributed by atoms with van der Waals surface area (Å²) in [7, 11) is 0. The molecular weight excluding hydrogens is 245 g/mol. The lowest BCUT2D eigenvalue weighted by Gasteiger charge is -2.05. The summed E-state index contributed by atoms with van der Waals surface area (Å²) in [6, 6.07) is 11.8. The van der Waals surface area contributed by atoms with Crippen LogP contribution in [0.1, 0.15) is 0 Å². The van der Waals surface area contributed by atoms with Crippen molar-refractivity contribution in [2.45, 2.75) is 9.79 Å². The van der Waals surface area contributed by atoms with Gasteiger partial charge in [-0.15, -0.1) is 0 Å². The van der Waals surface area contributed by atoms with Gasteiger partial charge in [0.25, 0.3) is 0 Å². The number of hydrogen-bond donors (Lipinski definition) is 1. The molecule has 2 N–H and O–H groups in total. The second kappa shape index (κ2) is 4.76. The van der Waals surface area contributed by atoms with Crippen LogP contribution in [0.15, 0.2) is 52.3 Å². The molecule has 0 aliphatic carbocycles. The molecule has 0 fully saturated rings. The van der Waals surface area contributed by atoms with Crippen LogP contribution in [0, 0.1) is 5.82 Å². The maximum absolute atomic E-state index is 12.8. The van der Waals surface area contributed by atoms with Gasteiger partial charge in [0.1, 0.15) is 5.82 Å². The highest BCUT2D eigenvalue weighted by atomic mass is 35.5. The van der Waals surface area contributed by atoms with Crippen molar-refractivity contribution in [3.8, 4) is 0 Å². The van der Waals surface area contributed by atoms with Crippen molar-refractivity contribution in [3.05, 3.63) is 53.3 Å². The van der Waals surface area contributed by atoms with Gasteiger partial charge in [-0.1, -0.05) is 23.4 Å². The standard InChI is InChI=1S/C12H9ClFNS/c13-8-1-4-10(5-2-8)16-12-6-3-9(14)7-11(12)15/h1-7H,15H2. The number of nitrogens with two attached hydrogens (primary N) is 1. The van der Waals surface area contributed by atoms with Crippen LogP contribution < -0.4 is 5.73 Å². The van der Waals surface area contributed by atoms with Gasteiger partial charge in [-0.25, -0.2) is 4.39 Å². The Kier molecular flexibility index (Phi) is 3.36. The Morgan fingerprint density at radius 2 is 1.75 bits per heavy atom. The van der Waals surface area contributed by atoms with Crippen LogP contribution in [0.2, 0.25) is 5.02 Å². The van der Waals surface area contributed by atoms with E-state index in [2.05, 4.69) is 0 Å². The van der Waals surface area contributed by atoms with E-state index < -0.39 is 0 Å². The zero-order chi connectivity index (χ0) is 11.5. The van der Waals surface area contributed by atoms with E-state index in [0.717, 1.165) is 9.79 Å². The van der Waals surface area contributed by atoms with Crippen molar-refractivity contribution in [2.24, 2.45) is 0 Å². The molecule has 0 atom stereocenters. The molecule has 0 bridgehead atoms. The van der Waals surface area contributed by atoms with E-state index in [0.29, 0.717) is 10.7 Å². The summed E-state index contributed by atoms with van der Waals surface area (Å²) in [5, 5.41) is 0.691. The van der Waals surface area contributed by atoms with Crippen LogP contribution in [0.3, 0.4) is 0 Å². The summed E-state index contributed by atoms with van der Waals surface area (Å²) >= 11 is 7.26. The molecule has 0 aliphatic rings. The molecular formula is C12H9ClFNS. The van der Waals surface area contributed by atoms with E-state index in [1.807, 2.05) is 24.3 Å². The molecule has 1 nitrogen and oxygen atoms in total. The van der Waals surface area contributed by atoms with Gasteiger partial charge in [-0.3, -0.25) is 0 Å². The maximum atomic E-state index is 12.8. The van der Waals surface area contributed by atoms with Gasteiger partial charge in [-0.05, 0) is 42.5 Å². The number of halogens is 2. The summed E-state index contributed by atoms with van der Waals surface area (Å²) in [5.41, 5.74) is 6.16. The van der Waals surface area contributed by atoms with Gasteiger partial charge in [-0.2, -0.15) is 0 Å². The van der Waals surface area contributed by atoms with E-state index in [9.17, 15) is 4.39 Å². The molecule has 0 spiro atoms. The number of anilines is 1. The van der Waals surface area contributed by atoms with Gasteiger partial charge in [0, 0.05) is 20.5 Å². The number of rotatable bonds is 2. The lowest BCUT2D eigenvalue weighted by molar-refractivity contribution is 0.627. The van der Waals surface area contributed by atoms with Crippen LogP contribution >= 0.6 is 23.4 Å². The first-order valence-corrected chi connectivity index (χ1v) is 5.83. The van der Waals surface area contributed by atoms with Crippen molar-refractivity contribution in [1.82, 2.24) is 0 Å². The number of nitrogen functional groups attached to an aromatic ring is 1. The largest absolute Gasteiger partial charge is 0.398 e. The zero-order valence-corrected chi connectivity index (χ0v) is 9.86. The van der Waals surface area contributed by atoms with Crippen molar-refractivity contribution in [1.29, 1.82) is 0 Å². The van der Waals surface area contributed by atoms with E-state index >= 15 is 0 Å². The van der Waals surface area contributed by atoms with Crippen LogP contribution in [0.4, 0.5) is 10.1 Å². The predicted octanol–water partition coefficient (Wildman–Crippen LogP) is 4.21. The first-order valence-electron chi connectivity index (χ1n) is 4.63. The smallest absolute Gasteiger partial charge is 0.125 e. The molecule has 0 saturated heterocycles. The van der Waals surface area contributed by atoms with Crippen LogP contribution in [0.25, 0.3) is 0 Å². The molecule has 0 heterocycles. The Labute approximate surface area is 102 Å². The predicted molar refractivity (Wildman–Crippen MR) is 66.4 cm³/mol. The summed E-state index contributed by atoms with van der Waals surface area (Å²) in [6.45, 7) is 0. The molecule has 0 unspecified atom stereocenters. The maximum Gasteiger partial charge on any atom is 0.125 e. The number of benzene rings is 2. The Balaban J connectivity index is 2.23. The molecule has 4 heteroatoms. The van der Waals surface area contributed by atoms with Gasteiger partial charge >= 0.3 is 0 Å². The molecule has 0 aromatic heterocycles. The van der Waals surface area contributed by atoms with Gasteiger partial charge in [0.15, 0.2) is 0 Å². The fraction of sp³-hybridized carbons (Fsp3) is 0. The molecule has 0 aliphatic heterocycles. The third kappa shape index (κ3) is 2.68. The monoisotopic (exact) mass is 253 g/mol. The first kappa shape index (κ1) is 11.3. The van der Waals surface area contributed by atoms with E-state index in [4.69, 9.17) is 17.3 Å². The van der Waals surface area contributed by atoms with Crippen molar-refractivity contribution in [2.75, 3.05) is 5.73 Å². The van der Waals surface area contributed by atoms with Crippen LogP contribution in [0.5, 0.6) is 0 Å². The van der Waals surface area contributed by atoms with Crippen molar-refractivity contribution in [3.63, 3.8) is 0 Å². The molecule has 0 radical (unpaired) electrons. The van der Waals surface area contributed by atoms with Crippen LogP contribution in [-0.4, -0.2) is 0 Å². The second-order valence-corrected chi connectivity index (χ2v) is 4.79. The number of hydrogen-bond acceptors (Lipinski definition) is 2. The third-order valence-corrected chi connectivity index (χ3v) is 3.36. The summed E-state index contributed by atoms with van der Waals surface area (Å²) in [5.74, 6) is -0.321. The van der Waals surface area contributed by atoms with Gasteiger partial charge in [0.2, 0.25) is 0 Å². The highest BCUT2D eigenvalue weighted by Gasteiger charge is 2.03. The SMILES string of the molecule is Nc1cc(F)ccc1Sc1ccc(Cl)cc1. The van der Waals surface area contributed by atoms with Gasteiger partial charge < -0.3 is 5.73 Å². The minimum absolute atomic E-state index is 0.321. The molecule has 82 valence electrons.